The van der Waals surface area contributed by atoms with Gasteiger partial charge in [0.15, 0.2) is 4.80 Å². The number of nitrogens with zero attached hydrogens (tertiary/aromatic N) is 4. The van der Waals surface area contributed by atoms with Gasteiger partial charge in [0.05, 0.1) is 35.7 Å². The van der Waals surface area contributed by atoms with Crippen molar-refractivity contribution < 1.29 is 19.1 Å². The maximum Gasteiger partial charge on any atom is 0.337 e. The predicted molar refractivity (Wildman–Crippen MR) is 105 cm³/mol. The number of amides is 1. The Labute approximate surface area is 166 Å². The van der Waals surface area contributed by atoms with Gasteiger partial charge >= 0.3 is 5.97 Å². The first-order chi connectivity index (χ1) is 13.5. The number of esters is 1. The molecule has 0 aliphatic carbocycles. The summed E-state index contributed by atoms with van der Waals surface area (Å²) in [5.41, 5.74) is 2.55. The molecule has 0 spiro atoms. The molecule has 0 aliphatic heterocycles. The van der Waals surface area contributed by atoms with E-state index in [1.807, 2.05) is 24.5 Å². The van der Waals surface area contributed by atoms with E-state index in [9.17, 15) is 9.59 Å². The molecule has 0 unspecified atom stereocenters. The summed E-state index contributed by atoms with van der Waals surface area (Å²) in [4.78, 5) is 29.5. The first-order valence-corrected chi connectivity index (χ1v) is 9.65. The predicted octanol–water partition coefficient (Wildman–Crippen LogP) is 2.31. The van der Waals surface area contributed by atoms with Crippen LogP contribution in [0.5, 0.6) is 0 Å². The van der Waals surface area contributed by atoms with Gasteiger partial charge in [-0.15, -0.1) is 0 Å². The summed E-state index contributed by atoms with van der Waals surface area (Å²) in [6, 6.07) is 5.29. The Bertz CT molecular complexity index is 1070. The van der Waals surface area contributed by atoms with Gasteiger partial charge < -0.3 is 14.0 Å². The van der Waals surface area contributed by atoms with Crippen LogP contribution in [0.25, 0.3) is 10.2 Å². The van der Waals surface area contributed by atoms with Gasteiger partial charge in [0, 0.05) is 25.8 Å². The molecule has 0 saturated carbocycles. The number of hydrogen-bond acceptors (Lipinski definition) is 6. The minimum absolute atomic E-state index is 0.359. The molecule has 2 aromatic heterocycles. The third kappa shape index (κ3) is 3.90. The normalized spacial score (nSPS) is 11.9. The van der Waals surface area contributed by atoms with E-state index in [-0.39, 0.29) is 5.91 Å². The Morgan fingerprint density at radius 3 is 2.75 bits per heavy atom. The molecule has 8 nitrogen and oxygen atoms in total. The number of thiazole rings is 1. The fraction of sp³-hybridized carbons (Fsp3) is 0.368. The van der Waals surface area contributed by atoms with E-state index in [1.165, 1.54) is 23.1 Å². The van der Waals surface area contributed by atoms with E-state index < -0.39 is 5.97 Å². The molecule has 0 fully saturated rings. The van der Waals surface area contributed by atoms with Gasteiger partial charge in [-0.05, 0) is 32.0 Å². The molecule has 0 bridgehead atoms. The second-order valence-electron chi connectivity index (χ2n) is 6.12. The Morgan fingerprint density at radius 1 is 1.32 bits per heavy atom. The van der Waals surface area contributed by atoms with Gasteiger partial charge in [-0.25, -0.2) is 4.79 Å². The number of rotatable bonds is 6. The summed E-state index contributed by atoms with van der Waals surface area (Å²) < 4.78 is 14.6. The van der Waals surface area contributed by atoms with Crippen LogP contribution in [-0.2, 0) is 23.1 Å². The molecule has 3 rings (SSSR count). The molecule has 3 aromatic rings. The summed E-state index contributed by atoms with van der Waals surface area (Å²) >= 11 is 1.34. The van der Waals surface area contributed by atoms with Crippen molar-refractivity contribution in [3.05, 3.63) is 46.0 Å². The lowest BCUT2D eigenvalue weighted by Gasteiger charge is -2.06. The van der Waals surface area contributed by atoms with Crippen molar-refractivity contribution in [1.29, 1.82) is 0 Å². The number of aromatic nitrogens is 3. The van der Waals surface area contributed by atoms with Crippen LogP contribution in [0.1, 0.15) is 33.3 Å². The molecular weight excluding hydrogens is 380 g/mol. The van der Waals surface area contributed by atoms with Gasteiger partial charge in [-0.3, -0.25) is 9.48 Å². The average Bonchev–Trinajstić information content (AvgIpc) is 3.20. The van der Waals surface area contributed by atoms with E-state index in [1.54, 1.807) is 25.4 Å². The number of benzene rings is 1. The Morgan fingerprint density at radius 2 is 2.11 bits per heavy atom. The highest BCUT2D eigenvalue weighted by Gasteiger charge is 2.16. The van der Waals surface area contributed by atoms with Gasteiger partial charge in [0.25, 0.3) is 5.91 Å². The fourth-order valence-electron chi connectivity index (χ4n) is 2.91. The third-order valence-corrected chi connectivity index (χ3v) is 5.33. The van der Waals surface area contributed by atoms with E-state index in [2.05, 4.69) is 10.1 Å². The van der Waals surface area contributed by atoms with E-state index in [0.29, 0.717) is 35.8 Å². The number of carbonyl (C=O) groups is 2. The molecule has 1 aromatic carbocycles. The number of aryl methyl sites for hydroxylation is 2. The van der Waals surface area contributed by atoms with Crippen LogP contribution >= 0.6 is 11.3 Å². The van der Waals surface area contributed by atoms with Crippen LogP contribution in [0.15, 0.2) is 29.4 Å². The summed E-state index contributed by atoms with van der Waals surface area (Å²) in [6.07, 6.45) is 1.64. The van der Waals surface area contributed by atoms with Crippen molar-refractivity contribution in [3.63, 3.8) is 0 Å². The number of ether oxygens (including phenoxy) is 2. The van der Waals surface area contributed by atoms with Crippen molar-refractivity contribution in [2.75, 3.05) is 20.3 Å². The Balaban J connectivity index is 2.12. The summed E-state index contributed by atoms with van der Waals surface area (Å²) in [7, 11) is 3.06. The molecule has 28 heavy (non-hydrogen) atoms. The monoisotopic (exact) mass is 402 g/mol. The van der Waals surface area contributed by atoms with Crippen molar-refractivity contribution in [3.8, 4) is 0 Å². The lowest BCUT2D eigenvalue weighted by Crippen LogP contribution is -2.20. The SMILES string of the molecule is CCOCCn1c(=NC(=O)c2c(C)cnn2C)sc2cc(C(=O)OC)ccc21. The quantitative estimate of drug-likeness (QED) is 0.466. The molecule has 1 amide bonds. The Hall–Kier alpha value is -2.78. The zero-order valence-corrected chi connectivity index (χ0v) is 17.1. The summed E-state index contributed by atoms with van der Waals surface area (Å²) in [6.45, 7) is 5.40. The van der Waals surface area contributed by atoms with Gasteiger partial charge in [-0.1, -0.05) is 11.3 Å². The number of hydrogen-bond donors (Lipinski definition) is 0. The second-order valence-corrected chi connectivity index (χ2v) is 7.13. The van der Waals surface area contributed by atoms with Crippen molar-refractivity contribution in [2.24, 2.45) is 12.0 Å². The zero-order chi connectivity index (χ0) is 20.3. The van der Waals surface area contributed by atoms with Crippen molar-refractivity contribution in [2.45, 2.75) is 20.4 Å². The largest absolute Gasteiger partial charge is 0.465 e. The maximum atomic E-state index is 12.8. The van der Waals surface area contributed by atoms with Crippen LogP contribution in [0, 0.1) is 6.92 Å². The molecule has 9 heteroatoms. The molecular formula is C19H22N4O4S. The van der Waals surface area contributed by atoms with E-state index in [0.717, 1.165) is 15.8 Å². The van der Waals surface area contributed by atoms with Crippen LogP contribution < -0.4 is 4.80 Å². The highest BCUT2D eigenvalue weighted by molar-refractivity contribution is 7.16. The lowest BCUT2D eigenvalue weighted by molar-refractivity contribution is 0.0600. The van der Waals surface area contributed by atoms with Crippen LogP contribution in [0.3, 0.4) is 0 Å². The smallest absolute Gasteiger partial charge is 0.337 e. The molecule has 0 aliphatic rings. The van der Waals surface area contributed by atoms with Crippen LogP contribution in [0.2, 0.25) is 0 Å². The molecule has 2 heterocycles. The number of carbonyl (C=O) groups excluding carboxylic acids is 2. The fourth-order valence-corrected chi connectivity index (χ4v) is 4.01. The highest BCUT2D eigenvalue weighted by Crippen LogP contribution is 2.20. The van der Waals surface area contributed by atoms with E-state index >= 15 is 0 Å². The standard InChI is InChI=1S/C19H22N4O4S/c1-5-27-9-8-23-14-7-6-13(18(25)26-4)10-15(14)28-19(23)21-17(24)16-12(2)11-20-22(16)3/h6-7,10-11H,5,8-9H2,1-4H3. The van der Waals surface area contributed by atoms with Gasteiger partial charge in [0.1, 0.15) is 5.69 Å². The molecule has 0 atom stereocenters. The molecule has 148 valence electrons. The average molecular weight is 402 g/mol. The maximum absolute atomic E-state index is 12.8. The topological polar surface area (TPSA) is 87.7 Å². The summed E-state index contributed by atoms with van der Waals surface area (Å²) in [5.74, 6) is -0.765. The number of methoxy groups -OCH3 is 1. The second kappa shape index (κ2) is 8.49. The molecule has 0 saturated heterocycles. The first-order valence-electron chi connectivity index (χ1n) is 8.83. The highest BCUT2D eigenvalue weighted by atomic mass is 32.1. The zero-order valence-electron chi connectivity index (χ0n) is 16.3. The molecule has 0 N–H and O–H groups in total. The third-order valence-electron chi connectivity index (χ3n) is 4.29. The lowest BCUT2D eigenvalue weighted by atomic mass is 10.2. The number of fused-ring (bicyclic) bond motifs is 1. The van der Waals surface area contributed by atoms with Gasteiger partial charge in [0.2, 0.25) is 0 Å². The molecule has 0 radical (unpaired) electrons. The first kappa shape index (κ1) is 20.0. The Kier molecular flexibility index (Phi) is 6.05. The minimum Gasteiger partial charge on any atom is -0.465 e. The van der Waals surface area contributed by atoms with Crippen LogP contribution in [0.4, 0.5) is 0 Å². The van der Waals surface area contributed by atoms with Crippen molar-refractivity contribution in [1.82, 2.24) is 14.3 Å². The summed E-state index contributed by atoms with van der Waals surface area (Å²) in [5, 5.41) is 4.11. The van der Waals surface area contributed by atoms with Crippen LogP contribution in [-0.4, -0.2) is 46.5 Å². The van der Waals surface area contributed by atoms with E-state index in [4.69, 9.17) is 9.47 Å². The minimum atomic E-state index is -0.406. The van der Waals surface area contributed by atoms with Crippen molar-refractivity contribution >= 4 is 33.4 Å². The van der Waals surface area contributed by atoms with Gasteiger partial charge in [-0.2, -0.15) is 10.1 Å².